The van der Waals surface area contributed by atoms with Crippen molar-refractivity contribution in [2.24, 2.45) is 0 Å². The predicted octanol–water partition coefficient (Wildman–Crippen LogP) is 3.21. The van der Waals surface area contributed by atoms with Gasteiger partial charge in [-0.1, -0.05) is 13.8 Å². The molecule has 0 heterocycles. The van der Waals surface area contributed by atoms with Crippen LogP contribution >= 0.6 is 0 Å². The highest BCUT2D eigenvalue weighted by molar-refractivity contribution is 4.64. The van der Waals surface area contributed by atoms with E-state index in [-0.39, 0.29) is 0 Å². The fraction of sp³-hybridized carbons (Fsp3) is 0.917. The summed E-state index contributed by atoms with van der Waals surface area (Å²) in [5.41, 5.74) is 0. The Bertz CT molecular complexity index is 101. The van der Waals surface area contributed by atoms with Gasteiger partial charge in [0.05, 0.1) is 12.2 Å². The van der Waals surface area contributed by atoms with Crippen molar-refractivity contribution in [3.8, 4) is 0 Å². The van der Waals surface area contributed by atoms with E-state index in [1.54, 1.807) is 0 Å². The van der Waals surface area contributed by atoms with E-state index < -0.39 is 0 Å². The van der Waals surface area contributed by atoms with Gasteiger partial charge in [0.2, 0.25) is 0 Å². The Morgan fingerprint density at radius 3 is 1.86 bits per heavy atom. The van der Waals surface area contributed by atoms with Crippen LogP contribution in [0.4, 0.5) is 0 Å². The lowest BCUT2D eigenvalue weighted by atomic mass is 10.1. The van der Waals surface area contributed by atoms with Crippen LogP contribution in [0.1, 0.15) is 46.5 Å². The van der Waals surface area contributed by atoms with E-state index in [1.807, 2.05) is 13.8 Å². The Morgan fingerprint density at radius 1 is 0.929 bits per heavy atom. The van der Waals surface area contributed by atoms with Crippen LogP contribution in [0.2, 0.25) is 0 Å². The SMILES string of the molecule is [CH2]CC(CCC(CC)OCC)OCC. The summed E-state index contributed by atoms with van der Waals surface area (Å²) in [5, 5.41) is 0. The fourth-order valence-corrected chi connectivity index (χ4v) is 1.56. The van der Waals surface area contributed by atoms with Crippen LogP contribution in [-0.2, 0) is 9.47 Å². The van der Waals surface area contributed by atoms with Gasteiger partial charge < -0.3 is 9.47 Å². The van der Waals surface area contributed by atoms with Crippen LogP contribution in [0.25, 0.3) is 0 Å². The molecule has 0 aromatic heterocycles. The van der Waals surface area contributed by atoms with Gasteiger partial charge in [-0.3, -0.25) is 0 Å². The van der Waals surface area contributed by atoms with Gasteiger partial charge in [0.1, 0.15) is 0 Å². The fourth-order valence-electron chi connectivity index (χ4n) is 1.56. The monoisotopic (exact) mass is 201 g/mol. The lowest BCUT2D eigenvalue weighted by Crippen LogP contribution is -2.18. The molecule has 0 fully saturated rings. The van der Waals surface area contributed by atoms with E-state index in [0.717, 1.165) is 38.9 Å². The molecule has 85 valence electrons. The third-order valence-electron chi connectivity index (χ3n) is 2.39. The Hall–Kier alpha value is -0.0800. The highest BCUT2D eigenvalue weighted by atomic mass is 16.5. The van der Waals surface area contributed by atoms with Crippen LogP contribution in [0.5, 0.6) is 0 Å². The number of rotatable bonds is 9. The van der Waals surface area contributed by atoms with Gasteiger partial charge >= 0.3 is 0 Å². The average molecular weight is 201 g/mol. The minimum absolute atomic E-state index is 0.314. The first-order chi connectivity index (χ1) is 6.78. The highest BCUT2D eigenvalue weighted by Gasteiger charge is 2.10. The maximum atomic E-state index is 5.59. The van der Waals surface area contributed by atoms with Crippen molar-refractivity contribution >= 4 is 0 Å². The van der Waals surface area contributed by atoms with Gasteiger partial charge in [0.15, 0.2) is 0 Å². The first kappa shape index (κ1) is 13.9. The lowest BCUT2D eigenvalue weighted by molar-refractivity contribution is 0.0194. The smallest absolute Gasteiger partial charge is 0.0576 e. The summed E-state index contributed by atoms with van der Waals surface area (Å²) >= 11 is 0. The summed E-state index contributed by atoms with van der Waals surface area (Å²) in [4.78, 5) is 0. The van der Waals surface area contributed by atoms with E-state index in [1.165, 1.54) is 0 Å². The number of hydrogen-bond acceptors (Lipinski definition) is 2. The average Bonchev–Trinajstić information content (AvgIpc) is 2.22. The molecule has 0 aromatic carbocycles. The molecular formula is C12H25O2. The molecule has 0 aliphatic carbocycles. The number of ether oxygens (including phenoxy) is 2. The van der Waals surface area contributed by atoms with Gasteiger partial charge in [-0.05, 0) is 39.5 Å². The molecule has 0 saturated carbocycles. The zero-order chi connectivity index (χ0) is 10.8. The summed E-state index contributed by atoms with van der Waals surface area (Å²) in [6, 6.07) is 0. The third kappa shape index (κ3) is 6.39. The van der Waals surface area contributed by atoms with Gasteiger partial charge in [-0.2, -0.15) is 0 Å². The van der Waals surface area contributed by atoms with Gasteiger partial charge in [0, 0.05) is 13.2 Å². The predicted molar refractivity (Wildman–Crippen MR) is 60.3 cm³/mol. The molecule has 0 N–H and O–H groups in total. The zero-order valence-corrected chi connectivity index (χ0v) is 9.92. The van der Waals surface area contributed by atoms with E-state index in [0.29, 0.717) is 12.2 Å². The third-order valence-corrected chi connectivity index (χ3v) is 2.39. The second-order valence-corrected chi connectivity index (χ2v) is 3.43. The van der Waals surface area contributed by atoms with Crippen LogP contribution in [0.3, 0.4) is 0 Å². The van der Waals surface area contributed by atoms with E-state index >= 15 is 0 Å². The maximum Gasteiger partial charge on any atom is 0.0576 e. The first-order valence-electron chi connectivity index (χ1n) is 5.80. The minimum atomic E-state index is 0.314. The Labute approximate surface area is 89.0 Å². The zero-order valence-electron chi connectivity index (χ0n) is 9.92. The number of hydrogen-bond donors (Lipinski definition) is 0. The van der Waals surface area contributed by atoms with Crippen molar-refractivity contribution in [2.45, 2.75) is 58.7 Å². The maximum absolute atomic E-state index is 5.59. The summed E-state index contributed by atoms with van der Waals surface area (Å²) in [6.45, 7) is 11.7. The van der Waals surface area contributed by atoms with Gasteiger partial charge in [-0.25, -0.2) is 0 Å². The Balaban J connectivity index is 3.63. The van der Waals surface area contributed by atoms with Crippen molar-refractivity contribution in [2.75, 3.05) is 13.2 Å². The Kier molecular flexibility index (Phi) is 9.42. The standard InChI is InChI=1S/C12H25O2/c1-5-11(13-7-3)9-10-12(6-2)14-8-4/h11-12H,1,5-10H2,2-4H3. The molecule has 2 nitrogen and oxygen atoms in total. The molecule has 0 aliphatic rings. The molecule has 14 heavy (non-hydrogen) atoms. The van der Waals surface area contributed by atoms with Crippen molar-refractivity contribution < 1.29 is 9.47 Å². The molecule has 0 rings (SSSR count). The quantitative estimate of drug-likeness (QED) is 0.570. The summed E-state index contributed by atoms with van der Waals surface area (Å²) in [5.74, 6) is 0. The van der Waals surface area contributed by atoms with Crippen LogP contribution in [-0.4, -0.2) is 25.4 Å². The lowest BCUT2D eigenvalue weighted by Gasteiger charge is -2.19. The topological polar surface area (TPSA) is 18.5 Å². The molecular weight excluding hydrogens is 176 g/mol. The molecule has 0 bridgehead atoms. The Morgan fingerprint density at radius 2 is 1.43 bits per heavy atom. The summed E-state index contributed by atoms with van der Waals surface area (Å²) in [7, 11) is 0. The van der Waals surface area contributed by atoms with E-state index in [2.05, 4.69) is 13.8 Å². The largest absolute Gasteiger partial charge is 0.379 e. The van der Waals surface area contributed by atoms with Crippen LogP contribution < -0.4 is 0 Å². The summed E-state index contributed by atoms with van der Waals surface area (Å²) < 4.78 is 11.1. The van der Waals surface area contributed by atoms with E-state index in [4.69, 9.17) is 9.47 Å². The molecule has 2 atom stereocenters. The van der Waals surface area contributed by atoms with Crippen molar-refractivity contribution in [3.05, 3.63) is 6.92 Å². The first-order valence-corrected chi connectivity index (χ1v) is 5.80. The highest BCUT2D eigenvalue weighted by Crippen LogP contribution is 2.12. The molecule has 0 spiro atoms. The molecule has 0 aliphatic heterocycles. The molecule has 1 radical (unpaired) electrons. The normalized spacial score (nSPS) is 15.4. The van der Waals surface area contributed by atoms with Crippen molar-refractivity contribution in [1.82, 2.24) is 0 Å². The van der Waals surface area contributed by atoms with Gasteiger partial charge in [0.25, 0.3) is 0 Å². The van der Waals surface area contributed by atoms with Crippen LogP contribution in [0.15, 0.2) is 0 Å². The molecule has 2 unspecified atom stereocenters. The second-order valence-electron chi connectivity index (χ2n) is 3.43. The van der Waals surface area contributed by atoms with Crippen molar-refractivity contribution in [3.63, 3.8) is 0 Å². The van der Waals surface area contributed by atoms with Crippen molar-refractivity contribution in [1.29, 1.82) is 0 Å². The van der Waals surface area contributed by atoms with Crippen LogP contribution in [0, 0.1) is 6.92 Å². The van der Waals surface area contributed by atoms with Gasteiger partial charge in [-0.15, -0.1) is 0 Å². The molecule has 2 heteroatoms. The second kappa shape index (κ2) is 9.47. The minimum Gasteiger partial charge on any atom is -0.379 e. The summed E-state index contributed by atoms with van der Waals surface area (Å²) in [6.07, 6.45) is 4.81. The molecule has 0 amide bonds. The molecule has 0 aromatic rings. The van der Waals surface area contributed by atoms with E-state index in [9.17, 15) is 0 Å². The molecule has 0 saturated heterocycles.